The Balaban J connectivity index is 1.41. The topological polar surface area (TPSA) is 133 Å². The lowest BCUT2D eigenvalue weighted by atomic mass is 9.98. The van der Waals surface area contributed by atoms with Gasteiger partial charge in [0.2, 0.25) is 5.91 Å². The van der Waals surface area contributed by atoms with Gasteiger partial charge in [0, 0.05) is 17.7 Å². The van der Waals surface area contributed by atoms with Crippen molar-refractivity contribution in [3.8, 4) is 11.1 Å². The van der Waals surface area contributed by atoms with Crippen molar-refractivity contribution in [1.29, 1.82) is 0 Å². The molecule has 2 amide bonds. The number of amides is 2. The van der Waals surface area contributed by atoms with Gasteiger partial charge in [0.15, 0.2) is 5.82 Å². The standard InChI is InChI=1S/C24H24N4O5/c1-2-14-11-21(28-27-14)26-23(31)20(12-22(29)30)25-24(32)33-13-19-17-9-5-3-7-15(17)16-8-4-6-10-18(16)19/h3-11,19-20H,2,12-13H2,1H3,(H,25,32)(H,29,30)(H2,26,27,28,31). The summed E-state index contributed by atoms with van der Waals surface area (Å²) in [5.41, 5.74) is 5.10. The smallest absolute Gasteiger partial charge is 0.407 e. The molecule has 0 aliphatic heterocycles. The molecule has 0 fully saturated rings. The van der Waals surface area contributed by atoms with Crippen molar-refractivity contribution in [2.45, 2.75) is 31.7 Å². The fraction of sp³-hybridized carbons (Fsp3) is 0.250. The summed E-state index contributed by atoms with van der Waals surface area (Å²) in [5.74, 6) is -1.82. The average molecular weight is 448 g/mol. The molecule has 0 spiro atoms. The van der Waals surface area contributed by atoms with Crippen LogP contribution in [0.4, 0.5) is 10.6 Å². The SMILES string of the molecule is CCc1cc(NC(=O)C(CC(=O)O)NC(=O)OCC2c3ccccc3-c3ccccc32)n[nH]1. The number of carbonyl (C=O) groups is 3. The van der Waals surface area contributed by atoms with Gasteiger partial charge >= 0.3 is 12.1 Å². The number of aromatic nitrogens is 2. The summed E-state index contributed by atoms with van der Waals surface area (Å²) in [4.78, 5) is 36.3. The summed E-state index contributed by atoms with van der Waals surface area (Å²) in [6.45, 7) is 1.98. The second-order valence-corrected chi connectivity index (χ2v) is 7.74. The van der Waals surface area contributed by atoms with E-state index < -0.39 is 30.4 Å². The first kappa shape index (κ1) is 22.1. The fourth-order valence-corrected chi connectivity index (χ4v) is 3.99. The van der Waals surface area contributed by atoms with Gasteiger partial charge in [-0.1, -0.05) is 55.5 Å². The Morgan fingerprint density at radius 2 is 1.73 bits per heavy atom. The van der Waals surface area contributed by atoms with Crippen LogP contribution in [0.1, 0.15) is 36.1 Å². The highest BCUT2D eigenvalue weighted by atomic mass is 16.5. The van der Waals surface area contributed by atoms with E-state index in [1.54, 1.807) is 6.07 Å². The molecule has 2 aromatic carbocycles. The first-order valence-corrected chi connectivity index (χ1v) is 10.6. The Morgan fingerprint density at radius 3 is 2.30 bits per heavy atom. The summed E-state index contributed by atoms with van der Waals surface area (Å²) in [6.07, 6.45) is -0.768. The summed E-state index contributed by atoms with van der Waals surface area (Å²) < 4.78 is 5.43. The average Bonchev–Trinajstić information content (AvgIpc) is 3.39. The van der Waals surface area contributed by atoms with Crippen LogP contribution in [-0.2, 0) is 20.7 Å². The second kappa shape index (κ2) is 9.56. The van der Waals surface area contributed by atoms with Crippen LogP contribution in [0.3, 0.4) is 0 Å². The molecular weight excluding hydrogens is 424 g/mol. The number of hydrogen-bond donors (Lipinski definition) is 4. The molecule has 0 saturated carbocycles. The van der Waals surface area contributed by atoms with Crippen molar-refractivity contribution in [2.24, 2.45) is 0 Å². The Bertz CT molecular complexity index is 1140. The molecule has 9 nitrogen and oxygen atoms in total. The van der Waals surface area contributed by atoms with Crippen LogP contribution in [0.15, 0.2) is 54.6 Å². The largest absolute Gasteiger partial charge is 0.481 e. The number of nitrogens with one attached hydrogen (secondary N) is 3. The maximum Gasteiger partial charge on any atom is 0.407 e. The molecule has 33 heavy (non-hydrogen) atoms. The van der Waals surface area contributed by atoms with Gasteiger partial charge in [-0.3, -0.25) is 14.7 Å². The molecule has 4 N–H and O–H groups in total. The number of ether oxygens (including phenoxy) is 1. The number of anilines is 1. The minimum Gasteiger partial charge on any atom is -0.481 e. The first-order chi connectivity index (χ1) is 16.0. The molecule has 1 aliphatic rings. The third-order valence-corrected chi connectivity index (χ3v) is 5.59. The normalized spacial score (nSPS) is 13.0. The van der Waals surface area contributed by atoms with Crippen LogP contribution < -0.4 is 10.6 Å². The van der Waals surface area contributed by atoms with E-state index in [2.05, 4.69) is 20.8 Å². The van der Waals surface area contributed by atoms with E-state index in [4.69, 9.17) is 4.74 Å². The number of carboxylic acids is 1. The molecule has 1 atom stereocenters. The van der Waals surface area contributed by atoms with E-state index in [9.17, 15) is 19.5 Å². The Morgan fingerprint density at radius 1 is 1.09 bits per heavy atom. The molecule has 1 aliphatic carbocycles. The zero-order valence-electron chi connectivity index (χ0n) is 18.0. The zero-order valence-corrected chi connectivity index (χ0v) is 18.0. The van der Waals surface area contributed by atoms with Crippen LogP contribution in [0.2, 0.25) is 0 Å². The number of aromatic amines is 1. The monoisotopic (exact) mass is 448 g/mol. The predicted octanol–water partition coefficient (Wildman–Crippen LogP) is 3.29. The van der Waals surface area contributed by atoms with Crippen LogP contribution in [0, 0.1) is 0 Å². The molecular formula is C24H24N4O5. The third-order valence-electron chi connectivity index (χ3n) is 5.59. The molecule has 3 aromatic rings. The summed E-state index contributed by atoms with van der Waals surface area (Å²) in [7, 11) is 0. The molecule has 0 bridgehead atoms. The Kier molecular flexibility index (Phi) is 6.39. The lowest BCUT2D eigenvalue weighted by Gasteiger charge is -2.18. The number of nitrogens with zero attached hydrogens (tertiary/aromatic N) is 1. The number of fused-ring (bicyclic) bond motifs is 3. The minimum absolute atomic E-state index is 0.0560. The quantitative estimate of drug-likeness (QED) is 0.418. The molecule has 1 aromatic heterocycles. The number of aryl methyl sites for hydroxylation is 1. The number of carbonyl (C=O) groups excluding carboxylic acids is 2. The first-order valence-electron chi connectivity index (χ1n) is 10.6. The molecule has 0 radical (unpaired) electrons. The number of hydrogen-bond acceptors (Lipinski definition) is 5. The van der Waals surface area contributed by atoms with E-state index in [1.807, 2.05) is 55.5 Å². The van der Waals surface area contributed by atoms with Crippen molar-refractivity contribution < 1.29 is 24.2 Å². The lowest BCUT2D eigenvalue weighted by Crippen LogP contribution is -2.45. The van der Waals surface area contributed by atoms with Gasteiger partial charge in [0.05, 0.1) is 6.42 Å². The summed E-state index contributed by atoms with van der Waals surface area (Å²) in [5, 5.41) is 20.8. The van der Waals surface area contributed by atoms with Gasteiger partial charge in [0.25, 0.3) is 0 Å². The highest BCUT2D eigenvalue weighted by Crippen LogP contribution is 2.44. The molecule has 4 rings (SSSR count). The van der Waals surface area contributed by atoms with Gasteiger partial charge < -0.3 is 20.5 Å². The third kappa shape index (κ3) is 4.87. The van der Waals surface area contributed by atoms with Gasteiger partial charge in [-0.2, -0.15) is 5.10 Å². The number of alkyl carbamates (subject to hydrolysis) is 1. The van der Waals surface area contributed by atoms with Crippen molar-refractivity contribution in [2.75, 3.05) is 11.9 Å². The van der Waals surface area contributed by atoms with Gasteiger partial charge in [-0.25, -0.2) is 4.79 Å². The molecule has 1 unspecified atom stereocenters. The van der Waals surface area contributed by atoms with Crippen LogP contribution in [0.5, 0.6) is 0 Å². The van der Waals surface area contributed by atoms with Crippen molar-refractivity contribution in [3.63, 3.8) is 0 Å². The molecule has 9 heteroatoms. The second-order valence-electron chi connectivity index (χ2n) is 7.74. The van der Waals surface area contributed by atoms with Crippen LogP contribution >= 0.6 is 0 Å². The highest BCUT2D eigenvalue weighted by Gasteiger charge is 2.30. The maximum absolute atomic E-state index is 12.6. The molecule has 0 saturated heterocycles. The van der Waals surface area contributed by atoms with Crippen LogP contribution in [-0.4, -0.2) is 45.9 Å². The number of carboxylic acid groups (broad SMARTS) is 1. The van der Waals surface area contributed by atoms with E-state index in [1.165, 1.54) is 0 Å². The predicted molar refractivity (Wildman–Crippen MR) is 121 cm³/mol. The van der Waals surface area contributed by atoms with Gasteiger partial charge in [-0.15, -0.1) is 0 Å². The maximum atomic E-state index is 12.6. The fourth-order valence-electron chi connectivity index (χ4n) is 3.99. The number of aliphatic carboxylic acids is 1. The minimum atomic E-state index is -1.32. The van der Waals surface area contributed by atoms with E-state index in [0.29, 0.717) is 6.42 Å². The number of benzene rings is 2. The van der Waals surface area contributed by atoms with Crippen LogP contribution in [0.25, 0.3) is 11.1 Å². The Labute approximate surface area is 190 Å². The number of H-pyrrole nitrogens is 1. The van der Waals surface area contributed by atoms with Gasteiger partial charge in [-0.05, 0) is 28.7 Å². The van der Waals surface area contributed by atoms with Crippen molar-refractivity contribution in [3.05, 3.63) is 71.4 Å². The lowest BCUT2D eigenvalue weighted by molar-refractivity contribution is -0.139. The van der Waals surface area contributed by atoms with E-state index >= 15 is 0 Å². The van der Waals surface area contributed by atoms with E-state index in [-0.39, 0.29) is 18.3 Å². The summed E-state index contributed by atoms with van der Waals surface area (Å²) in [6, 6.07) is 16.2. The zero-order chi connectivity index (χ0) is 23.4. The summed E-state index contributed by atoms with van der Waals surface area (Å²) >= 11 is 0. The van der Waals surface area contributed by atoms with E-state index in [0.717, 1.165) is 27.9 Å². The highest BCUT2D eigenvalue weighted by molar-refractivity contribution is 5.98. The van der Waals surface area contributed by atoms with Crippen molar-refractivity contribution in [1.82, 2.24) is 15.5 Å². The number of rotatable bonds is 8. The van der Waals surface area contributed by atoms with Crippen molar-refractivity contribution >= 4 is 23.8 Å². The molecule has 1 heterocycles. The molecule has 170 valence electrons. The van der Waals surface area contributed by atoms with Gasteiger partial charge in [0.1, 0.15) is 12.6 Å². The Hall–Kier alpha value is -4.14.